The summed E-state index contributed by atoms with van der Waals surface area (Å²) in [6, 6.07) is 15.6. The van der Waals surface area contributed by atoms with Gasteiger partial charge >= 0.3 is 27.1 Å². The molecule has 0 radical (unpaired) electrons. The molecule has 262 valence electrons. The van der Waals surface area contributed by atoms with Gasteiger partial charge in [0.1, 0.15) is 0 Å². The number of benzene rings is 2. The summed E-state index contributed by atoms with van der Waals surface area (Å²) in [6.45, 7) is 10.3. The highest BCUT2D eigenvalue weighted by molar-refractivity contribution is 7.71. The summed E-state index contributed by atoms with van der Waals surface area (Å²) < 4.78 is 47.0. The van der Waals surface area contributed by atoms with Crippen molar-refractivity contribution in [3.8, 4) is 0 Å². The molecule has 0 spiro atoms. The van der Waals surface area contributed by atoms with Gasteiger partial charge in [0.2, 0.25) is 13.6 Å². The van der Waals surface area contributed by atoms with Crippen LogP contribution in [0.4, 0.5) is 0 Å². The molecule has 0 aromatic heterocycles. The van der Waals surface area contributed by atoms with Crippen molar-refractivity contribution in [3.63, 3.8) is 0 Å². The summed E-state index contributed by atoms with van der Waals surface area (Å²) in [5.74, 6) is -1.35. The zero-order chi connectivity index (χ0) is 35.6. The summed E-state index contributed by atoms with van der Waals surface area (Å²) in [6.07, 6.45) is 0.668. The molecule has 0 aliphatic heterocycles. The molecule has 0 aliphatic carbocycles. The van der Waals surface area contributed by atoms with Crippen LogP contribution in [0.2, 0.25) is 0 Å². The van der Waals surface area contributed by atoms with Crippen molar-refractivity contribution in [3.05, 3.63) is 70.8 Å². The van der Waals surface area contributed by atoms with E-state index in [0.717, 1.165) is 16.7 Å². The van der Waals surface area contributed by atoms with E-state index in [0.29, 0.717) is 25.1 Å². The van der Waals surface area contributed by atoms with E-state index < -0.39 is 56.9 Å². The van der Waals surface area contributed by atoms with Crippen LogP contribution in [0.3, 0.4) is 0 Å². The fourth-order valence-electron chi connectivity index (χ4n) is 4.25. The van der Waals surface area contributed by atoms with Crippen molar-refractivity contribution < 1.29 is 51.8 Å². The molecular formula is C33H49NO11P2. The highest BCUT2D eigenvalue weighted by Crippen LogP contribution is 2.67. The van der Waals surface area contributed by atoms with E-state index in [-0.39, 0.29) is 18.6 Å². The van der Waals surface area contributed by atoms with Crippen molar-refractivity contribution in [2.75, 3.05) is 27.2 Å². The third-order valence-electron chi connectivity index (χ3n) is 7.07. The zero-order valence-corrected chi connectivity index (χ0v) is 30.3. The summed E-state index contributed by atoms with van der Waals surface area (Å²) in [4.78, 5) is 58.2. The van der Waals surface area contributed by atoms with E-state index in [1.807, 2.05) is 60.5 Å². The van der Waals surface area contributed by atoms with Crippen LogP contribution in [0, 0.1) is 10.8 Å². The molecule has 0 heterocycles. The highest BCUT2D eigenvalue weighted by atomic mass is 31.2. The molecule has 14 heteroatoms. The van der Waals surface area contributed by atoms with Gasteiger partial charge < -0.3 is 24.2 Å². The van der Waals surface area contributed by atoms with E-state index in [1.54, 1.807) is 41.5 Å². The predicted molar refractivity (Wildman–Crippen MR) is 178 cm³/mol. The van der Waals surface area contributed by atoms with Gasteiger partial charge in [-0.1, -0.05) is 48.5 Å². The van der Waals surface area contributed by atoms with Gasteiger partial charge in [-0.25, -0.2) is 0 Å². The van der Waals surface area contributed by atoms with Gasteiger partial charge in [-0.2, -0.15) is 0 Å². The standard InChI is InChI=1S/C33H49NO11P2/c1-24(35)28-17-15-26(16-18-28)20-25-11-13-27(14-12-25)21-34(8)19-9-10-29(46(38,39)40)47(41,44-22-42-30(36)32(2,3)4)45-23-43-31(37)33(5,6)7/h11-18,29H,9-10,19-23H2,1-8H3,(H2,38,39,40). The molecule has 0 saturated heterocycles. The Hall–Kier alpha value is -2.69. The van der Waals surface area contributed by atoms with Gasteiger partial charge in [-0.05, 0) is 98.0 Å². The summed E-state index contributed by atoms with van der Waals surface area (Å²) in [7, 11) is -7.93. The zero-order valence-electron chi connectivity index (χ0n) is 28.6. The summed E-state index contributed by atoms with van der Waals surface area (Å²) >= 11 is 0. The van der Waals surface area contributed by atoms with Crippen LogP contribution in [0.1, 0.15) is 88.4 Å². The Morgan fingerprint density at radius 2 is 1.19 bits per heavy atom. The van der Waals surface area contributed by atoms with Crippen LogP contribution in [-0.4, -0.2) is 65.0 Å². The molecule has 2 aromatic rings. The lowest BCUT2D eigenvalue weighted by Gasteiger charge is -2.28. The Labute approximate surface area is 277 Å². The minimum Gasteiger partial charge on any atom is -0.438 e. The van der Waals surface area contributed by atoms with E-state index in [1.165, 1.54) is 6.92 Å². The maximum atomic E-state index is 13.9. The van der Waals surface area contributed by atoms with E-state index >= 15 is 0 Å². The molecule has 12 nitrogen and oxygen atoms in total. The third-order valence-corrected chi connectivity index (χ3v) is 11.8. The molecule has 2 N–H and O–H groups in total. The fourth-order valence-corrected chi connectivity index (χ4v) is 7.96. The molecule has 47 heavy (non-hydrogen) atoms. The lowest BCUT2D eigenvalue weighted by molar-refractivity contribution is -0.162. The number of esters is 2. The first-order valence-electron chi connectivity index (χ1n) is 15.3. The largest absolute Gasteiger partial charge is 0.438 e. The van der Waals surface area contributed by atoms with Crippen molar-refractivity contribution in [1.29, 1.82) is 0 Å². The number of nitrogens with zero attached hydrogens (tertiary/aromatic N) is 1. The molecule has 0 bridgehead atoms. The Kier molecular flexibility index (Phi) is 14.7. The molecular weight excluding hydrogens is 648 g/mol. The maximum absolute atomic E-state index is 13.9. The van der Waals surface area contributed by atoms with Crippen LogP contribution >= 0.6 is 15.2 Å². The number of Topliss-reactive ketones (excluding diaryl/α,β-unsaturated/α-hetero) is 1. The SMILES string of the molecule is CC(=O)c1ccc(Cc2ccc(CN(C)CCCC(P(=O)(O)O)P(=O)(OCOC(=O)C(C)(C)C)OCOC(=O)C(C)(C)C)cc2)cc1. The van der Waals surface area contributed by atoms with Gasteiger partial charge in [-0.3, -0.25) is 32.6 Å². The summed E-state index contributed by atoms with van der Waals surface area (Å²) in [5.41, 5.74) is 2.07. The Morgan fingerprint density at radius 1 is 0.766 bits per heavy atom. The van der Waals surface area contributed by atoms with Crippen molar-refractivity contribution >= 4 is 32.9 Å². The molecule has 0 aliphatic rings. The number of ketones is 1. The van der Waals surface area contributed by atoms with Crippen LogP contribution < -0.4 is 0 Å². The molecule has 1 unspecified atom stereocenters. The van der Waals surface area contributed by atoms with Gasteiger partial charge in [-0.15, -0.1) is 0 Å². The van der Waals surface area contributed by atoms with E-state index in [9.17, 15) is 33.3 Å². The Morgan fingerprint density at radius 3 is 1.60 bits per heavy atom. The van der Waals surface area contributed by atoms with Gasteiger partial charge in [0, 0.05) is 12.1 Å². The molecule has 0 saturated carbocycles. The molecule has 1 atom stereocenters. The second-order valence-corrected chi connectivity index (χ2v) is 18.0. The quantitative estimate of drug-likeness (QED) is 0.0797. The number of hydrogen-bond acceptors (Lipinski definition) is 10. The molecule has 2 rings (SSSR count). The first kappa shape index (κ1) is 40.5. The van der Waals surface area contributed by atoms with Gasteiger partial charge in [0.15, 0.2) is 11.2 Å². The Balaban J connectivity index is 2.05. The smallest absolute Gasteiger partial charge is 0.351 e. The molecule has 0 amide bonds. The number of hydrogen-bond donors (Lipinski definition) is 2. The average molecular weight is 698 g/mol. The topological polar surface area (TPSA) is 166 Å². The lowest BCUT2D eigenvalue weighted by atomic mass is 9.98. The van der Waals surface area contributed by atoms with Crippen molar-refractivity contribution in [1.82, 2.24) is 4.90 Å². The number of ether oxygens (including phenoxy) is 2. The fraction of sp³-hybridized carbons (Fsp3) is 0.545. The van der Waals surface area contributed by atoms with Crippen LogP contribution in [0.25, 0.3) is 0 Å². The second-order valence-electron chi connectivity index (χ2n) is 13.6. The Bertz CT molecular complexity index is 1400. The first-order valence-corrected chi connectivity index (χ1v) is 18.6. The van der Waals surface area contributed by atoms with Gasteiger partial charge in [0.05, 0.1) is 10.8 Å². The summed E-state index contributed by atoms with van der Waals surface area (Å²) in [5, 5.41) is -1.89. The predicted octanol–water partition coefficient (Wildman–Crippen LogP) is 6.52. The normalized spacial score (nSPS) is 13.3. The highest BCUT2D eigenvalue weighted by Gasteiger charge is 2.48. The van der Waals surface area contributed by atoms with Crippen LogP contribution in [0.5, 0.6) is 0 Å². The first-order chi connectivity index (χ1) is 21.6. The molecule has 0 fully saturated rings. The van der Waals surface area contributed by atoms with Crippen LogP contribution in [0.15, 0.2) is 48.5 Å². The number of rotatable bonds is 17. The van der Waals surface area contributed by atoms with E-state index in [4.69, 9.17) is 18.5 Å². The monoisotopic (exact) mass is 697 g/mol. The van der Waals surface area contributed by atoms with E-state index in [2.05, 4.69) is 0 Å². The minimum atomic E-state index is -5.09. The van der Waals surface area contributed by atoms with Crippen LogP contribution in [-0.2, 0) is 50.2 Å². The van der Waals surface area contributed by atoms with Crippen molar-refractivity contribution in [2.45, 2.75) is 79.7 Å². The number of carbonyl (C=O) groups is 3. The third kappa shape index (κ3) is 13.8. The second kappa shape index (κ2) is 17.1. The molecule has 2 aromatic carbocycles. The minimum absolute atomic E-state index is 0.0238. The lowest BCUT2D eigenvalue weighted by Crippen LogP contribution is -2.26. The average Bonchev–Trinajstić information content (AvgIpc) is 2.95. The maximum Gasteiger partial charge on any atom is 0.351 e. The van der Waals surface area contributed by atoms with Gasteiger partial charge in [0.25, 0.3) is 0 Å². The van der Waals surface area contributed by atoms with Crippen molar-refractivity contribution in [2.24, 2.45) is 10.8 Å². The number of carbonyl (C=O) groups excluding carboxylic acids is 3.